The van der Waals surface area contributed by atoms with Crippen LogP contribution in [0.25, 0.3) is 0 Å². The Labute approximate surface area is 77.6 Å². The quantitative estimate of drug-likeness (QED) is 0.615. The highest BCUT2D eigenvalue weighted by Crippen LogP contribution is 2.15. The van der Waals surface area contributed by atoms with Crippen molar-refractivity contribution in [1.82, 2.24) is 0 Å². The molecular weight excluding hydrogens is 166 g/mol. The Kier molecular flexibility index (Phi) is 4.49. The van der Waals surface area contributed by atoms with Crippen LogP contribution in [0.2, 0.25) is 0 Å². The summed E-state index contributed by atoms with van der Waals surface area (Å²) in [5, 5.41) is 0. The Morgan fingerprint density at radius 3 is 1.69 bits per heavy atom. The van der Waals surface area contributed by atoms with E-state index in [0.29, 0.717) is 0 Å². The van der Waals surface area contributed by atoms with E-state index >= 15 is 0 Å². The third-order valence-electron chi connectivity index (χ3n) is 1.95. The summed E-state index contributed by atoms with van der Waals surface area (Å²) < 4.78 is 0. The Hall–Kier alpha value is -1.60. The van der Waals surface area contributed by atoms with Crippen molar-refractivity contribution in [3.63, 3.8) is 0 Å². The van der Waals surface area contributed by atoms with Crippen LogP contribution in [0.1, 0.15) is 16.7 Å². The summed E-state index contributed by atoms with van der Waals surface area (Å²) in [7, 11) is 0. The fraction of sp³-hybridized carbons (Fsp3) is 0.300. The third kappa shape index (κ3) is 3.54. The van der Waals surface area contributed by atoms with Gasteiger partial charge in [-0.3, -0.25) is 0 Å². The fourth-order valence-corrected chi connectivity index (χ4v) is 1.07. The van der Waals surface area contributed by atoms with E-state index in [-0.39, 0.29) is 6.15 Å². The van der Waals surface area contributed by atoms with E-state index < -0.39 is 0 Å². The van der Waals surface area contributed by atoms with Gasteiger partial charge in [0, 0.05) is 5.69 Å². The van der Waals surface area contributed by atoms with E-state index in [0.717, 1.165) is 5.69 Å². The van der Waals surface area contributed by atoms with E-state index in [4.69, 9.17) is 15.3 Å². The van der Waals surface area contributed by atoms with Crippen molar-refractivity contribution in [1.29, 1.82) is 0 Å². The molecule has 3 heteroatoms. The first-order valence-electron chi connectivity index (χ1n) is 3.85. The standard InChI is InChI=1S/C9H13N.CO2/c1-6-4-9(10)5-7(2)8(6)3;2-1-3/h4-5H,10H2,1-3H3;. The molecule has 1 aromatic carbocycles. The molecule has 0 aliphatic carbocycles. The maximum atomic E-state index is 8.12. The summed E-state index contributed by atoms with van der Waals surface area (Å²) >= 11 is 0. The van der Waals surface area contributed by atoms with Gasteiger partial charge in [-0.1, -0.05) is 0 Å². The summed E-state index contributed by atoms with van der Waals surface area (Å²) in [6.07, 6.45) is 0.250. The Balaban J connectivity index is 0.000000424. The van der Waals surface area contributed by atoms with Gasteiger partial charge < -0.3 is 5.73 Å². The highest BCUT2D eigenvalue weighted by atomic mass is 16.2. The van der Waals surface area contributed by atoms with E-state index in [1.165, 1.54) is 16.7 Å². The highest BCUT2D eigenvalue weighted by molar-refractivity contribution is 5.48. The molecule has 1 aromatic rings. The molecule has 0 saturated heterocycles. The summed E-state index contributed by atoms with van der Waals surface area (Å²) in [6, 6.07) is 4.00. The average Bonchev–Trinajstić information content (AvgIpc) is 2.01. The zero-order valence-corrected chi connectivity index (χ0v) is 8.05. The lowest BCUT2D eigenvalue weighted by molar-refractivity contribution is -0.191. The number of rotatable bonds is 0. The van der Waals surface area contributed by atoms with Crippen LogP contribution >= 0.6 is 0 Å². The van der Waals surface area contributed by atoms with Gasteiger partial charge in [0.1, 0.15) is 0 Å². The average molecular weight is 179 g/mol. The van der Waals surface area contributed by atoms with Gasteiger partial charge in [-0.05, 0) is 49.6 Å². The van der Waals surface area contributed by atoms with Crippen molar-refractivity contribution < 1.29 is 9.59 Å². The molecule has 13 heavy (non-hydrogen) atoms. The minimum atomic E-state index is 0.250. The maximum absolute atomic E-state index is 8.12. The monoisotopic (exact) mass is 179 g/mol. The summed E-state index contributed by atoms with van der Waals surface area (Å²) in [4.78, 5) is 16.2. The normalized spacial score (nSPS) is 8.23. The Bertz CT molecular complexity index is 303. The Morgan fingerprint density at radius 2 is 1.38 bits per heavy atom. The molecule has 0 radical (unpaired) electrons. The third-order valence-corrected chi connectivity index (χ3v) is 1.95. The molecule has 0 unspecified atom stereocenters. The Morgan fingerprint density at radius 1 is 1.08 bits per heavy atom. The fourth-order valence-electron chi connectivity index (χ4n) is 1.07. The number of hydrogen-bond donors (Lipinski definition) is 1. The van der Waals surface area contributed by atoms with Gasteiger partial charge in [0.25, 0.3) is 0 Å². The maximum Gasteiger partial charge on any atom is 0.373 e. The second-order valence-corrected chi connectivity index (χ2v) is 2.86. The van der Waals surface area contributed by atoms with Crippen LogP contribution in [-0.4, -0.2) is 6.15 Å². The minimum absolute atomic E-state index is 0.250. The zero-order valence-electron chi connectivity index (χ0n) is 8.05. The lowest BCUT2D eigenvalue weighted by Crippen LogP contribution is -1.91. The topological polar surface area (TPSA) is 60.2 Å². The molecule has 0 atom stereocenters. The molecule has 0 aliphatic rings. The predicted molar refractivity (Wildman–Crippen MR) is 50.1 cm³/mol. The number of anilines is 1. The number of nitrogens with two attached hydrogens (primary N) is 1. The molecule has 0 aromatic heterocycles. The van der Waals surface area contributed by atoms with Crippen LogP contribution in [0.15, 0.2) is 12.1 Å². The van der Waals surface area contributed by atoms with Gasteiger partial charge in [0.05, 0.1) is 0 Å². The molecule has 0 fully saturated rings. The van der Waals surface area contributed by atoms with Crippen molar-refractivity contribution in [2.45, 2.75) is 20.8 Å². The van der Waals surface area contributed by atoms with Crippen LogP contribution in [-0.2, 0) is 9.59 Å². The number of aryl methyl sites for hydroxylation is 2. The molecule has 0 heterocycles. The van der Waals surface area contributed by atoms with Gasteiger partial charge in [0.2, 0.25) is 0 Å². The molecule has 0 saturated carbocycles. The molecule has 1 rings (SSSR count). The van der Waals surface area contributed by atoms with Crippen molar-refractivity contribution in [2.24, 2.45) is 0 Å². The van der Waals surface area contributed by atoms with Crippen molar-refractivity contribution in [3.8, 4) is 0 Å². The lowest BCUT2D eigenvalue weighted by Gasteiger charge is -2.04. The van der Waals surface area contributed by atoms with Crippen LogP contribution in [0.3, 0.4) is 0 Å². The first kappa shape index (κ1) is 11.4. The molecule has 2 N–H and O–H groups in total. The van der Waals surface area contributed by atoms with Gasteiger partial charge in [-0.25, -0.2) is 0 Å². The van der Waals surface area contributed by atoms with E-state index in [9.17, 15) is 0 Å². The predicted octanol–water partition coefficient (Wildman–Crippen LogP) is 1.61. The molecule has 70 valence electrons. The molecular formula is C10H13NO2. The van der Waals surface area contributed by atoms with Crippen molar-refractivity contribution in [2.75, 3.05) is 5.73 Å². The SMILES string of the molecule is Cc1cc(N)cc(C)c1C.O=C=O. The minimum Gasteiger partial charge on any atom is -0.399 e. The first-order valence-corrected chi connectivity index (χ1v) is 3.85. The highest BCUT2D eigenvalue weighted by Gasteiger charge is 1.96. The number of hydrogen-bond acceptors (Lipinski definition) is 3. The lowest BCUT2D eigenvalue weighted by atomic mass is 10.0. The summed E-state index contributed by atoms with van der Waals surface area (Å²) in [5.41, 5.74) is 10.4. The molecule has 0 bridgehead atoms. The second kappa shape index (κ2) is 5.12. The van der Waals surface area contributed by atoms with Gasteiger partial charge in [0.15, 0.2) is 0 Å². The largest absolute Gasteiger partial charge is 0.399 e. The number of benzene rings is 1. The summed E-state index contributed by atoms with van der Waals surface area (Å²) in [5.74, 6) is 0. The van der Waals surface area contributed by atoms with Gasteiger partial charge in [-0.2, -0.15) is 9.59 Å². The van der Waals surface area contributed by atoms with Crippen LogP contribution in [0.5, 0.6) is 0 Å². The molecule has 0 spiro atoms. The van der Waals surface area contributed by atoms with E-state index in [1.807, 2.05) is 12.1 Å². The first-order chi connectivity index (χ1) is 6.02. The van der Waals surface area contributed by atoms with Crippen LogP contribution in [0, 0.1) is 20.8 Å². The van der Waals surface area contributed by atoms with Crippen molar-refractivity contribution >= 4 is 11.8 Å². The molecule has 3 nitrogen and oxygen atoms in total. The smallest absolute Gasteiger partial charge is 0.373 e. The number of nitrogen functional groups attached to an aromatic ring is 1. The number of carbonyl (C=O) groups excluding carboxylic acids is 2. The van der Waals surface area contributed by atoms with Gasteiger partial charge in [-0.15, -0.1) is 0 Å². The summed E-state index contributed by atoms with van der Waals surface area (Å²) in [6.45, 7) is 6.28. The second-order valence-electron chi connectivity index (χ2n) is 2.86. The van der Waals surface area contributed by atoms with Crippen LogP contribution in [0.4, 0.5) is 5.69 Å². The molecule has 0 aliphatic heterocycles. The zero-order chi connectivity index (χ0) is 10.4. The molecule has 0 amide bonds. The van der Waals surface area contributed by atoms with E-state index in [1.54, 1.807) is 0 Å². The van der Waals surface area contributed by atoms with E-state index in [2.05, 4.69) is 20.8 Å². The van der Waals surface area contributed by atoms with Crippen LogP contribution < -0.4 is 5.73 Å². The van der Waals surface area contributed by atoms with Crippen molar-refractivity contribution in [3.05, 3.63) is 28.8 Å². The van der Waals surface area contributed by atoms with Gasteiger partial charge >= 0.3 is 6.15 Å².